The highest BCUT2D eigenvalue weighted by Gasteiger charge is 1.98. The van der Waals surface area contributed by atoms with Gasteiger partial charge >= 0.3 is 5.97 Å². The molecule has 0 aliphatic carbocycles. The largest absolute Gasteiger partial charge is 0.481 e. The monoisotopic (exact) mass is 143 g/mol. The van der Waals surface area contributed by atoms with Gasteiger partial charge in [-0.1, -0.05) is 5.57 Å². The van der Waals surface area contributed by atoms with Crippen LogP contribution < -0.4 is 5.73 Å². The van der Waals surface area contributed by atoms with Crippen LogP contribution in [0.4, 0.5) is 0 Å². The fraction of sp³-hybridized carbons (Fsp3) is 0.333. The lowest BCUT2D eigenvalue weighted by Crippen LogP contribution is -2.07. The van der Waals surface area contributed by atoms with Crippen LogP contribution in [-0.4, -0.2) is 17.0 Å². The number of primary amides is 1. The zero-order valence-electron chi connectivity index (χ0n) is 5.63. The van der Waals surface area contributed by atoms with Gasteiger partial charge < -0.3 is 10.8 Å². The van der Waals surface area contributed by atoms with Gasteiger partial charge in [0.25, 0.3) is 0 Å². The van der Waals surface area contributed by atoms with Crippen molar-refractivity contribution in [3.05, 3.63) is 11.6 Å². The number of rotatable bonds is 3. The van der Waals surface area contributed by atoms with Gasteiger partial charge in [-0.2, -0.15) is 0 Å². The Balaban J connectivity index is 3.95. The molecule has 0 unspecified atom stereocenters. The van der Waals surface area contributed by atoms with Crippen molar-refractivity contribution in [2.24, 2.45) is 5.73 Å². The molecule has 0 fully saturated rings. The molecule has 0 aliphatic rings. The first-order valence-electron chi connectivity index (χ1n) is 2.70. The minimum Gasteiger partial charge on any atom is -0.481 e. The van der Waals surface area contributed by atoms with Gasteiger partial charge in [0, 0.05) is 6.08 Å². The van der Waals surface area contributed by atoms with Crippen LogP contribution in [0, 0.1) is 0 Å². The molecule has 0 aromatic carbocycles. The minimum absolute atomic E-state index is 0.136. The summed E-state index contributed by atoms with van der Waals surface area (Å²) in [5.74, 6) is -1.58. The quantitative estimate of drug-likeness (QED) is 0.541. The van der Waals surface area contributed by atoms with Gasteiger partial charge in [0.2, 0.25) is 5.91 Å². The Bertz CT molecular complexity index is 183. The number of nitrogens with two attached hydrogens (primary N) is 1. The maximum atomic E-state index is 10.1. The molecule has 3 N–H and O–H groups in total. The predicted octanol–water partition coefficient (Wildman–Crippen LogP) is -0.107. The second kappa shape index (κ2) is 3.66. The molecule has 56 valence electrons. The molecule has 0 rings (SSSR count). The smallest absolute Gasteiger partial charge is 0.307 e. The summed E-state index contributed by atoms with van der Waals surface area (Å²) >= 11 is 0. The summed E-state index contributed by atoms with van der Waals surface area (Å²) < 4.78 is 0. The van der Waals surface area contributed by atoms with E-state index >= 15 is 0 Å². The van der Waals surface area contributed by atoms with Crippen LogP contribution in [0.1, 0.15) is 13.3 Å². The van der Waals surface area contributed by atoms with Gasteiger partial charge in [0.15, 0.2) is 0 Å². The summed E-state index contributed by atoms with van der Waals surface area (Å²) in [4.78, 5) is 20.1. The Kier molecular flexibility index (Phi) is 3.17. The van der Waals surface area contributed by atoms with Crippen LogP contribution in [0.25, 0.3) is 0 Å². The van der Waals surface area contributed by atoms with Crippen LogP contribution in [0.5, 0.6) is 0 Å². The zero-order chi connectivity index (χ0) is 8.15. The van der Waals surface area contributed by atoms with Gasteiger partial charge in [0.1, 0.15) is 0 Å². The molecule has 4 heteroatoms. The Morgan fingerprint density at radius 1 is 1.60 bits per heavy atom. The number of hydrogen-bond acceptors (Lipinski definition) is 2. The molecule has 0 aromatic rings. The maximum absolute atomic E-state index is 10.1. The Labute approximate surface area is 58.3 Å². The van der Waals surface area contributed by atoms with Crippen molar-refractivity contribution in [1.29, 1.82) is 0 Å². The normalized spacial score (nSPS) is 11.1. The summed E-state index contributed by atoms with van der Waals surface area (Å²) in [6.45, 7) is 1.54. The van der Waals surface area contributed by atoms with Gasteiger partial charge in [-0.25, -0.2) is 0 Å². The average Bonchev–Trinajstić information content (AvgIpc) is 1.58. The summed E-state index contributed by atoms with van der Waals surface area (Å²) in [5, 5.41) is 8.20. The topological polar surface area (TPSA) is 80.4 Å². The third kappa shape index (κ3) is 4.83. The third-order valence-corrected chi connectivity index (χ3v) is 0.819. The number of carboxylic acid groups (broad SMARTS) is 1. The molecular weight excluding hydrogens is 134 g/mol. The molecule has 0 atom stereocenters. The molecule has 10 heavy (non-hydrogen) atoms. The zero-order valence-corrected chi connectivity index (χ0v) is 5.63. The van der Waals surface area contributed by atoms with Crippen molar-refractivity contribution in [1.82, 2.24) is 0 Å². The second-order valence-electron chi connectivity index (χ2n) is 1.96. The number of hydrogen-bond donors (Lipinski definition) is 2. The van der Waals surface area contributed by atoms with E-state index in [2.05, 4.69) is 0 Å². The van der Waals surface area contributed by atoms with Crippen molar-refractivity contribution in [3.8, 4) is 0 Å². The van der Waals surface area contributed by atoms with E-state index in [4.69, 9.17) is 10.8 Å². The molecule has 0 saturated carbocycles. The van der Waals surface area contributed by atoms with Crippen LogP contribution in [0.15, 0.2) is 11.6 Å². The highest BCUT2D eigenvalue weighted by Crippen LogP contribution is 1.97. The van der Waals surface area contributed by atoms with Crippen molar-refractivity contribution in [2.45, 2.75) is 13.3 Å². The first-order valence-corrected chi connectivity index (χ1v) is 2.70. The molecular formula is C6H9NO3. The lowest BCUT2D eigenvalue weighted by molar-refractivity contribution is -0.136. The molecule has 0 aliphatic heterocycles. The van der Waals surface area contributed by atoms with Crippen LogP contribution in [-0.2, 0) is 9.59 Å². The van der Waals surface area contributed by atoms with Crippen LogP contribution >= 0.6 is 0 Å². The number of carboxylic acids is 1. The van der Waals surface area contributed by atoms with Gasteiger partial charge in [-0.15, -0.1) is 0 Å². The van der Waals surface area contributed by atoms with Crippen molar-refractivity contribution >= 4 is 11.9 Å². The highest BCUT2D eigenvalue weighted by atomic mass is 16.4. The SMILES string of the molecule is C/C(=C/C(N)=O)CC(=O)O. The highest BCUT2D eigenvalue weighted by molar-refractivity contribution is 5.87. The summed E-state index contributed by atoms with van der Waals surface area (Å²) in [7, 11) is 0. The van der Waals surface area contributed by atoms with Gasteiger partial charge in [-0.05, 0) is 6.92 Å². The lowest BCUT2D eigenvalue weighted by Gasteiger charge is -1.91. The second-order valence-corrected chi connectivity index (χ2v) is 1.96. The Hall–Kier alpha value is -1.32. The molecule has 0 heterocycles. The van der Waals surface area contributed by atoms with E-state index in [-0.39, 0.29) is 6.42 Å². The number of carbonyl (C=O) groups is 2. The maximum Gasteiger partial charge on any atom is 0.307 e. The number of amides is 1. The van der Waals surface area contributed by atoms with Crippen LogP contribution in [0.2, 0.25) is 0 Å². The minimum atomic E-state index is -0.963. The number of aliphatic carboxylic acids is 1. The van der Waals surface area contributed by atoms with E-state index in [0.717, 1.165) is 6.08 Å². The first kappa shape index (κ1) is 8.68. The number of carbonyl (C=O) groups excluding carboxylic acids is 1. The molecule has 4 nitrogen and oxygen atoms in total. The summed E-state index contributed by atoms with van der Waals surface area (Å²) in [5.41, 5.74) is 5.22. The van der Waals surface area contributed by atoms with E-state index in [1.165, 1.54) is 0 Å². The van der Waals surface area contributed by atoms with Crippen LogP contribution in [0.3, 0.4) is 0 Å². The molecule has 0 saturated heterocycles. The van der Waals surface area contributed by atoms with Gasteiger partial charge in [-0.3, -0.25) is 9.59 Å². The summed E-state index contributed by atoms with van der Waals surface area (Å²) in [6, 6.07) is 0. The Morgan fingerprint density at radius 3 is 2.40 bits per heavy atom. The summed E-state index contributed by atoms with van der Waals surface area (Å²) in [6.07, 6.45) is 0.969. The first-order chi connectivity index (χ1) is 4.52. The van der Waals surface area contributed by atoms with E-state index in [1.807, 2.05) is 0 Å². The predicted molar refractivity (Wildman–Crippen MR) is 35.2 cm³/mol. The Morgan fingerprint density at radius 2 is 2.10 bits per heavy atom. The van der Waals surface area contributed by atoms with Gasteiger partial charge in [0.05, 0.1) is 6.42 Å². The van der Waals surface area contributed by atoms with E-state index < -0.39 is 11.9 Å². The van der Waals surface area contributed by atoms with Crippen molar-refractivity contribution in [2.75, 3.05) is 0 Å². The molecule has 0 bridgehead atoms. The fourth-order valence-corrected chi connectivity index (χ4v) is 0.532. The average molecular weight is 143 g/mol. The fourth-order valence-electron chi connectivity index (χ4n) is 0.532. The van der Waals surface area contributed by atoms with Crippen molar-refractivity contribution < 1.29 is 14.7 Å². The molecule has 0 spiro atoms. The van der Waals surface area contributed by atoms with E-state index in [9.17, 15) is 9.59 Å². The van der Waals surface area contributed by atoms with Crippen molar-refractivity contribution in [3.63, 3.8) is 0 Å². The lowest BCUT2D eigenvalue weighted by atomic mass is 10.2. The molecule has 1 amide bonds. The van der Waals surface area contributed by atoms with E-state index in [1.54, 1.807) is 6.92 Å². The third-order valence-electron chi connectivity index (χ3n) is 0.819. The van der Waals surface area contributed by atoms with E-state index in [0.29, 0.717) is 5.57 Å². The molecule has 0 radical (unpaired) electrons. The molecule has 0 aromatic heterocycles. The standard InChI is InChI=1S/C6H9NO3/c1-4(2-5(7)8)3-6(9)10/h2H,3H2,1H3,(H2,7,8)(H,9,10)/b4-2-.